The van der Waals surface area contributed by atoms with Crippen LogP contribution in [0.5, 0.6) is 11.5 Å². The number of aromatic nitrogens is 1. The number of para-hydroxylation sites is 1. The number of alkyl halides is 3. The van der Waals surface area contributed by atoms with Crippen molar-refractivity contribution in [1.29, 1.82) is 0 Å². The van der Waals surface area contributed by atoms with Crippen LogP contribution in [0.25, 0.3) is 10.2 Å². The normalized spacial score (nSPS) is 23.1. The van der Waals surface area contributed by atoms with E-state index in [-0.39, 0.29) is 18.3 Å². The topological polar surface area (TPSA) is 65.5 Å². The molecule has 5 nitrogen and oxygen atoms in total. The fraction of sp³-hybridized carbons (Fsp3) is 0.321. The molecule has 10 heteroatoms. The molecule has 198 valence electrons. The van der Waals surface area contributed by atoms with Gasteiger partial charge in [0.15, 0.2) is 0 Å². The van der Waals surface area contributed by atoms with Gasteiger partial charge < -0.3 is 8.92 Å². The lowest BCUT2D eigenvalue weighted by atomic mass is 9.64. The predicted molar refractivity (Wildman–Crippen MR) is 139 cm³/mol. The van der Waals surface area contributed by atoms with E-state index in [4.69, 9.17) is 8.92 Å². The van der Waals surface area contributed by atoms with Gasteiger partial charge in [-0.2, -0.15) is 21.6 Å². The molecule has 38 heavy (non-hydrogen) atoms. The van der Waals surface area contributed by atoms with Crippen molar-refractivity contribution in [3.63, 3.8) is 0 Å². The van der Waals surface area contributed by atoms with Crippen molar-refractivity contribution in [2.24, 2.45) is 11.8 Å². The molecule has 0 saturated heterocycles. The van der Waals surface area contributed by atoms with E-state index in [0.29, 0.717) is 23.7 Å². The van der Waals surface area contributed by atoms with Crippen LogP contribution in [-0.2, 0) is 22.1 Å². The van der Waals surface area contributed by atoms with Crippen LogP contribution in [0.3, 0.4) is 0 Å². The lowest BCUT2D eigenvalue weighted by molar-refractivity contribution is -0.0500. The van der Waals surface area contributed by atoms with Crippen LogP contribution in [0.4, 0.5) is 13.2 Å². The number of benzene rings is 3. The fourth-order valence-corrected chi connectivity index (χ4v) is 7.57. The summed E-state index contributed by atoms with van der Waals surface area (Å²) in [6.07, 6.45) is 3.58. The third-order valence-electron chi connectivity index (χ3n) is 7.75. The second-order valence-corrected chi connectivity index (χ2v) is 12.6. The summed E-state index contributed by atoms with van der Waals surface area (Å²) in [7, 11) is -5.86. The van der Waals surface area contributed by atoms with Crippen LogP contribution in [0.15, 0.2) is 72.8 Å². The van der Waals surface area contributed by atoms with Crippen LogP contribution in [0, 0.1) is 11.8 Å². The molecule has 1 aromatic heterocycles. The largest absolute Gasteiger partial charge is 0.534 e. The third kappa shape index (κ3) is 4.33. The molecule has 2 bridgehead atoms. The van der Waals surface area contributed by atoms with Gasteiger partial charge in [-0.3, -0.25) is 0 Å². The van der Waals surface area contributed by atoms with E-state index in [1.807, 2.05) is 54.6 Å². The van der Waals surface area contributed by atoms with Crippen molar-refractivity contribution < 1.29 is 30.5 Å². The van der Waals surface area contributed by atoms with E-state index in [0.717, 1.165) is 40.1 Å². The summed E-state index contributed by atoms with van der Waals surface area (Å²) in [6, 6.07) is 21.7. The Balaban J connectivity index is 1.43. The average molecular weight is 560 g/mol. The maximum absolute atomic E-state index is 13.3. The Morgan fingerprint density at radius 3 is 2.45 bits per heavy atom. The minimum absolute atomic E-state index is 0.144. The lowest BCUT2D eigenvalue weighted by Gasteiger charge is -2.40. The number of rotatable bonds is 7. The summed E-state index contributed by atoms with van der Waals surface area (Å²) < 4.78 is 76.0. The first-order valence-corrected chi connectivity index (χ1v) is 14.6. The van der Waals surface area contributed by atoms with Crippen LogP contribution in [0.1, 0.15) is 41.8 Å². The Kier molecular flexibility index (Phi) is 6.14. The number of thiazole rings is 1. The first-order valence-electron chi connectivity index (χ1n) is 12.3. The highest BCUT2D eigenvalue weighted by Crippen LogP contribution is 2.62. The summed E-state index contributed by atoms with van der Waals surface area (Å²) in [5, 5.41) is 0.755. The summed E-state index contributed by atoms with van der Waals surface area (Å²) in [5.74, 6) is 0.644. The molecule has 0 spiro atoms. The number of halogens is 3. The number of hydrogen-bond donors (Lipinski definition) is 0. The molecule has 0 N–H and O–H groups in total. The van der Waals surface area contributed by atoms with E-state index in [1.54, 1.807) is 6.07 Å². The maximum Gasteiger partial charge on any atom is 0.534 e. The molecule has 3 atom stereocenters. The first-order chi connectivity index (χ1) is 18.2. The van der Waals surface area contributed by atoms with Crippen molar-refractivity contribution in [2.45, 2.75) is 43.2 Å². The second kappa shape index (κ2) is 9.27. The van der Waals surface area contributed by atoms with Crippen molar-refractivity contribution in [3.05, 3.63) is 88.9 Å². The predicted octanol–water partition coefficient (Wildman–Crippen LogP) is 7.21. The van der Waals surface area contributed by atoms with Gasteiger partial charge in [-0.05, 0) is 67.0 Å². The molecule has 2 saturated carbocycles. The van der Waals surface area contributed by atoms with E-state index >= 15 is 0 Å². The van der Waals surface area contributed by atoms with Crippen molar-refractivity contribution in [1.82, 2.24) is 4.98 Å². The third-order valence-corrected chi connectivity index (χ3v) is 9.73. The molecular formula is C28H24F3NO4S2. The minimum atomic E-state index is -5.86. The highest BCUT2D eigenvalue weighted by Gasteiger charge is 2.55. The Morgan fingerprint density at radius 2 is 1.76 bits per heavy atom. The van der Waals surface area contributed by atoms with E-state index in [9.17, 15) is 21.6 Å². The van der Waals surface area contributed by atoms with Gasteiger partial charge in [0, 0.05) is 11.0 Å². The zero-order chi connectivity index (χ0) is 26.5. The second-order valence-electron chi connectivity index (χ2n) is 9.92. The van der Waals surface area contributed by atoms with Gasteiger partial charge in [-0.15, -0.1) is 11.3 Å². The summed E-state index contributed by atoms with van der Waals surface area (Å²) in [5.41, 5.74) is -4.02. The molecular weight excluding hydrogens is 535 g/mol. The van der Waals surface area contributed by atoms with Crippen LogP contribution in [0.2, 0.25) is 0 Å². The van der Waals surface area contributed by atoms with E-state index < -0.39 is 21.0 Å². The molecule has 2 aliphatic rings. The Morgan fingerprint density at radius 1 is 1.00 bits per heavy atom. The molecule has 6 rings (SSSR count). The molecule has 4 aromatic rings. The minimum Gasteiger partial charge on any atom is -0.486 e. The number of fused-ring (bicyclic) bond motifs is 3. The van der Waals surface area contributed by atoms with Gasteiger partial charge in [-0.25, -0.2) is 4.98 Å². The van der Waals surface area contributed by atoms with Crippen molar-refractivity contribution >= 4 is 31.7 Å². The van der Waals surface area contributed by atoms with Gasteiger partial charge in [0.1, 0.15) is 23.1 Å². The Bertz CT molecular complexity index is 1550. The Hall–Kier alpha value is -3.11. The average Bonchev–Trinajstić information content (AvgIpc) is 3.62. The molecule has 1 heterocycles. The SMILES string of the molecule is O=S(=O)(Oc1ccc(OCc2nc3ccccc3s2)cc1C1(c2ccccc2)CC2CCC1C2)C(F)(F)F. The highest BCUT2D eigenvalue weighted by molar-refractivity contribution is 7.88. The van der Waals surface area contributed by atoms with Gasteiger partial charge in [-0.1, -0.05) is 48.9 Å². The molecule has 3 unspecified atom stereocenters. The molecule has 0 aliphatic heterocycles. The van der Waals surface area contributed by atoms with Gasteiger partial charge in [0.25, 0.3) is 0 Å². The van der Waals surface area contributed by atoms with Gasteiger partial charge in [0.2, 0.25) is 0 Å². The first kappa shape index (κ1) is 25.2. The fourth-order valence-electron chi connectivity index (χ4n) is 6.22. The van der Waals surface area contributed by atoms with Crippen LogP contribution >= 0.6 is 11.3 Å². The van der Waals surface area contributed by atoms with Gasteiger partial charge in [0.05, 0.1) is 10.2 Å². The number of ether oxygens (including phenoxy) is 1. The zero-order valence-electron chi connectivity index (χ0n) is 20.1. The molecule has 2 aliphatic carbocycles. The van der Waals surface area contributed by atoms with Crippen molar-refractivity contribution in [3.8, 4) is 11.5 Å². The molecule has 2 fully saturated rings. The van der Waals surface area contributed by atoms with Crippen LogP contribution in [-0.4, -0.2) is 18.9 Å². The monoisotopic (exact) mass is 559 g/mol. The maximum atomic E-state index is 13.3. The molecule has 0 amide bonds. The number of nitrogens with zero attached hydrogens (tertiary/aromatic N) is 1. The van der Waals surface area contributed by atoms with E-state index in [1.165, 1.54) is 23.5 Å². The summed E-state index contributed by atoms with van der Waals surface area (Å²) in [4.78, 5) is 4.58. The quantitative estimate of drug-likeness (QED) is 0.177. The standard InChI is InChI=1S/C28H24F3NO4S2/c29-28(30,31)38(33,34)36-24-13-12-21(35-17-26-32-23-8-4-5-9-25(23)37-26)15-22(24)27(19-6-2-1-3-7-19)16-18-10-11-20(27)14-18/h1-9,12-13,15,18,20H,10-11,14,16-17H2. The molecule has 0 radical (unpaired) electrons. The highest BCUT2D eigenvalue weighted by atomic mass is 32.2. The van der Waals surface area contributed by atoms with E-state index in [2.05, 4.69) is 4.98 Å². The number of hydrogen-bond acceptors (Lipinski definition) is 6. The zero-order valence-corrected chi connectivity index (χ0v) is 21.8. The van der Waals surface area contributed by atoms with Gasteiger partial charge >= 0.3 is 15.6 Å². The summed E-state index contributed by atoms with van der Waals surface area (Å²) >= 11 is 1.50. The molecule has 3 aromatic carbocycles. The Labute approximate surface area is 222 Å². The van der Waals surface area contributed by atoms with Crippen LogP contribution < -0.4 is 8.92 Å². The van der Waals surface area contributed by atoms with Crippen molar-refractivity contribution in [2.75, 3.05) is 0 Å². The smallest absolute Gasteiger partial charge is 0.486 e. The lowest BCUT2D eigenvalue weighted by Crippen LogP contribution is -2.35. The summed E-state index contributed by atoms with van der Waals surface area (Å²) in [6.45, 7) is 0.171.